The minimum atomic E-state index is -1.11. The van der Waals surface area contributed by atoms with E-state index < -0.39 is 10.8 Å². The Hall–Kier alpha value is -0.0900. The average Bonchev–Trinajstić information content (AvgIpc) is 2.95. The Labute approximate surface area is 133 Å². The number of benzene rings is 1. The molecule has 2 unspecified atom stereocenters. The van der Waals surface area contributed by atoms with E-state index in [1.165, 1.54) is 25.7 Å². The zero-order chi connectivity index (χ0) is 14.5. The largest absolute Gasteiger partial charge is 0.313 e. The van der Waals surface area contributed by atoms with E-state index in [9.17, 15) is 4.21 Å². The normalized spacial score (nSPS) is 19.1. The van der Waals surface area contributed by atoms with Crippen molar-refractivity contribution in [2.75, 3.05) is 12.3 Å². The number of hydrogen-bond donors (Lipinski definition) is 1. The van der Waals surface area contributed by atoms with Gasteiger partial charge in [0, 0.05) is 16.8 Å². The first-order chi connectivity index (χ1) is 9.61. The van der Waals surface area contributed by atoms with Crippen molar-refractivity contribution in [2.24, 2.45) is 5.92 Å². The molecule has 0 spiro atoms. The van der Waals surface area contributed by atoms with Crippen LogP contribution in [-0.4, -0.2) is 22.5 Å². The van der Waals surface area contributed by atoms with Crippen molar-refractivity contribution in [1.82, 2.24) is 5.32 Å². The van der Waals surface area contributed by atoms with E-state index in [2.05, 4.69) is 12.2 Å². The fraction of sp³-hybridized carbons (Fsp3) is 0.600. The number of hydrogen-bond acceptors (Lipinski definition) is 2. The summed E-state index contributed by atoms with van der Waals surface area (Å²) < 4.78 is 12.6. The molecular formula is C15H21Cl2NOS. The Morgan fingerprint density at radius 1 is 1.35 bits per heavy atom. The lowest BCUT2D eigenvalue weighted by molar-refractivity contribution is 0.392. The fourth-order valence-electron chi connectivity index (χ4n) is 2.89. The molecular weight excluding hydrogens is 313 g/mol. The van der Waals surface area contributed by atoms with Gasteiger partial charge < -0.3 is 5.32 Å². The van der Waals surface area contributed by atoms with E-state index in [0.717, 1.165) is 6.54 Å². The minimum absolute atomic E-state index is 0.304. The molecule has 1 fully saturated rings. The van der Waals surface area contributed by atoms with Crippen LogP contribution < -0.4 is 5.32 Å². The van der Waals surface area contributed by atoms with Gasteiger partial charge in [-0.3, -0.25) is 4.21 Å². The smallest absolute Gasteiger partial charge is 0.0589 e. The monoisotopic (exact) mass is 333 g/mol. The maximum Gasteiger partial charge on any atom is 0.0589 e. The van der Waals surface area contributed by atoms with E-state index >= 15 is 0 Å². The zero-order valence-corrected chi connectivity index (χ0v) is 14.0. The highest BCUT2D eigenvalue weighted by Crippen LogP contribution is 2.30. The van der Waals surface area contributed by atoms with Crippen LogP contribution in [-0.2, 0) is 10.8 Å². The van der Waals surface area contributed by atoms with E-state index in [1.54, 1.807) is 18.2 Å². The van der Waals surface area contributed by atoms with Crippen molar-refractivity contribution < 1.29 is 4.21 Å². The molecule has 0 saturated heterocycles. The van der Waals surface area contributed by atoms with Crippen LogP contribution in [0.15, 0.2) is 23.1 Å². The van der Waals surface area contributed by atoms with Crippen molar-refractivity contribution in [1.29, 1.82) is 0 Å². The lowest BCUT2D eigenvalue weighted by atomic mass is 10.00. The van der Waals surface area contributed by atoms with E-state index in [0.29, 0.717) is 32.7 Å². The molecule has 1 aliphatic carbocycles. The van der Waals surface area contributed by atoms with Gasteiger partial charge in [-0.1, -0.05) is 43.0 Å². The topological polar surface area (TPSA) is 29.1 Å². The van der Waals surface area contributed by atoms with E-state index in [1.807, 2.05) is 0 Å². The number of halogens is 2. The van der Waals surface area contributed by atoms with Crippen LogP contribution in [0.2, 0.25) is 10.0 Å². The van der Waals surface area contributed by atoms with Gasteiger partial charge in [0.25, 0.3) is 0 Å². The molecule has 5 heteroatoms. The average molecular weight is 334 g/mol. The van der Waals surface area contributed by atoms with Gasteiger partial charge in [-0.05, 0) is 43.5 Å². The first kappa shape index (κ1) is 16.3. The highest BCUT2D eigenvalue weighted by Gasteiger charge is 2.26. The Balaban J connectivity index is 2.09. The van der Waals surface area contributed by atoms with Crippen molar-refractivity contribution in [3.63, 3.8) is 0 Å². The molecule has 0 radical (unpaired) electrons. The predicted octanol–water partition coefficient (Wildman–Crippen LogP) is 4.27. The number of rotatable bonds is 6. The van der Waals surface area contributed by atoms with Crippen LogP contribution in [0, 0.1) is 5.92 Å². The molecule has 2 atom stereocenters. The second-order valence-electron chi connectivity index (χ2n) is 5.30. The summed E-state index contributed by atoms with van der Waals surface area (Å²) >= 11 is 12.1. The standard InChI is InChI=1S/C15H21Cl2NOS/c1-2-18-14(11-5-3-4-6-11)10-20(19)15-9-12(16)7-8-13(15)17/h7-9,11,14,18H,2-6,10H2,1H3. The van der Waals surface area contributed by atoms with Crippen molar-refractivity contribution in [3.8, 4) is 0 Å². The Bertz CT molecular complexity index is 475. The quantitative estimate of drug-likeness (QED) is 0.842. The summed E-state index contributed by atoms with van der Waals surface area (Å²) in [6, 6.07) is 5.47. The summed E-state index contributed by atoms with van der Waals surface area (Å²) in [6.45, 7) is 3.00. The van der Waals surface area contributed by atoms with Crippen molar-refractivity contribution in [2.45, 2.75) is 43.5 Å². The molecule has 1 aromatic rings. The van der Waals surface area contributed by atoms with Crippen LogP contribution in [0.5, 0.6) is 0 Å². The third kappa shape index (κ3) is 4.20. The first-order valence-corrected chi connectivity index (χ1v) is 9.26. The third-order valence-electron chi connectivity index (χ3n) is 3.90. The SMILES string of the molecule is CCNC(CS(=O)c1cc(Cl)ccc1Cl)C1CCCC1. The van der Waals surface area contributed by atoms with Crippen molar-refractivity contribution in [3.05, 3.63) is 28.2 Å². The van der Waals surface area contributed by atoms with Gasteiger partial charge in [0.05, 0.1) is 20.7 Å². The van der Waals surface area contributed by atoms with Crippen molar-refractivity contribution >= 4 is 34.0 Å². The summed E-state index contributed by atoms with van der Waals surface area (Å²) in [4.78, 5) is 0.653. The van der Waals surface area contributed by atoms with E-state index in [4.69, 9.17) is 23.2 Å². The maximum atomic E-state index is 12.6. The van der Waals surface area contributed by atoms with Gasteiger partial charge in [0.1, 0.15) is 0 Å². The molecule has 0 bridgehead atoms. The highest BCUT2D eigenvalue weighted by molar-refractivity contribution is 7.85. The molecule has 0 heterocycles. The zero-order valence-electron chi connectivity index (χ0n) is 11.7. The molecule has 2 nitrogen and oxygen atoms in total. The second kappa shape index (κ2) is 7.79. The minimum Gasteiger partial charge on any atom is -0.313 e. The molecule has 1 aromatic carbocycles. The molecule has 1 saturated carbocycles. The summed E-state index contributed by atoms with van der Waals surface area (Å²) in [5.74, 6) is 1.25. The van der Waals surface area contributed by atoms with Gasteiger partial charge in [0.15, 0.2) is 0 Å². The van der Waals surface area contributed by atoms with Gasteiger partial charge >= 0.3 is 0 Å². The number of nitrogens with one attached hydrogen (secondary N) is 1. The molecule has 1 N–H and O–H groups in total. The highest BCUT2D eigenvalue weighted by atomic mass is 35.5. The Morgan fingerprint density at radius 2 is 2.05 bits per heavy atom. The Morgan fingerprint density at radius 3 is 2.70 bits per heavy atom. The molecule has 112 valence electrons. The maximum absolute atomic E-state index is 12.6. The summed E-state index contributed by atoms with van der Waals surface area (Å²) in [6.07, 6.45) is 5.05. The van der Waals surface area contributed by atoms with Crippen LogP contribution in [0.4, 0.5) is 0 Å². The van der Waals surface area contributed by atoms with Crippen LogP contribution >= 0.6 is 23.2 Å². The molecule has 20 heavy (non-hydrogen) atoms. The Kier molecular flexibility index (Phi) is 6.34. The fourth-order valence-corrected chi connectivity index (χ4v) is 4.94. The molecule has 0 aromatic heterocycles. The van der Waals surface area contributed by atoms with Crippen LogP contribution in [0.1, 0.15) is 32.6 Å². The van der Waals surface area contributed by atoms with Crippen LogP contribution in [0.3, 0.4) is 0 Å². The first-order valence-electron chi connectivity index (χ1n) is 7.18. The third-order valence-corrected chi connectivity index (χ3v) is 6.07. The second-order valence-corrected chi connectivity index (χ2v) is 7.60. The van der Waals surface area contributed by atoms with Gasteiger partial charge in [-0.15, -0.1) is 0 Å². The lowest BCUT2D eigenvalue weighted by Crippen LogP contribution is -2.39. The molecule has 2 rings (SSSR count). The van der Waals surface area contributed by atoms with Gasteiger partial charge in [-0.25, -0.2) is 0 Å². The van der Waals surface area contributed by atoms with E-state index in [-0.39, 0.29) is 0 Å². The molecule has 1 aliphatic rings. The lowest BCUT2D eigenvalue weighted by Gasteiger charge is -2.24. The summed E-state index contributed by atoms with van der Waals surface area (Å²) in [5.41, 5.74) is 0. The summed E-state index contributed by atoms with van der Waals surface area (Å²) in [7, 11) is -1.11. The van der Waals surface area contributed by atoms with Gasteiger partial charge in [-0.2, -0.15) is 0 Å². The summed E-state index contributed by atoms with van der Waals surface area (Å²) in [5, 5.41) is 4.61. The predicted molar refractivity (Wildman–Crippen MR) is 87.2 cm³/mol. The van der Waals surface area contributed by atoms with Crippen LogP contribution in [0.25, 0.3) is 0 Å². The molecule has 0 amide bonds. The molecule has 0 aliphatic heterocycles. The van der Waals surface area contributed by atoms with Gasteiger partial charge in [0.2, 0.25) is 0 Å².